The number of halogens is 7. The first-order valence-corrected chi connectivity index (χ1v) is 18.9. The number of phenolic OH excluding ortho intramolecular Hbond substituents is 1. The summed E-state index contributed by atoms with van der Waals surface area (Å²) in [7, 11) is 2.65. The number of hydrazine groups is 2. The molecule has 2 aliphatic heterocycles. The van der Waals surface area contributed by atoms with E-state index in [9.17, 15) is 32.7 Å². The Morgan fingerprint density at radius 2 is 1.64 bits per heavy atom. The van der Waals surface area contributed by atoms with E-state index in [4.69, 9.17) is 39.5 Å². The number of aromatic hydroxyl groups is 1. The van der Waals surface area contributed by atoms with Crippen molar-refractivity contribution in [1.29, 1.82) is 0 Å². The summed E-state index contributed by atoms with van der Waals surface area (Å²) in [4.78, 5) is 62.6. The van der Waals surface area contributed by atoms with Crippen molar-refractivity contribution in [3.8, 4) is 11.5 Å². The van der Waals surface area contributed by atoms with E-state index >= 15 is 9.18 Å². The zero-order valence-corrected chi connectivity index (χ0v) is 32.5. The maximum absolute atomic E-state index is 15.4. The quantitative estimate of drug-likeness (QED) is 0.108. The lowest BCUT2D eigenvalue weighted by atomic mass is 9.49. The number of benzene rings is 3. The van der Waals surface area contributed by atoms with Crippen LogP contribution in [0.5, 0.6) is 11.5 Å². The number of hydrogen-bond donors (Lipinski definition) is 2. The van der Waals surface area contributed by atoms with Gasteiger partial charge in [-0.25, -0.2) is 9.37 Å². The minimum absolute atomic E-state index is 0.0555. The Kier molecular flexibility index (Phi) is 9.64. The van der Waals surface area contributed by atoms with Crippen LogP contribution in [0.4, 0.5) is 29.1 Å². The Balaban J connectivity index is 1.29. The van der Waals surface area contributed by atoms with Gasteiger partial charge in [-0.3, -0.25) is 29.6 Å². The molecule has 1 saturated carbocycles. The van der Waals surface area contributed by atoms with Crippen LogP contribution in [-0.4, -0.2) is 57.9 Å². The summed E-state index contributed by atoms with van der Waals surface area (Å²) < 4.78 is 61.9. The number of nitrogens with one attached hydrogen (secondary N) is 1. The largest absolute Gasteiger partial charge is 0.505 e. The molecule has 4 aliphatic rings. The van der Waals surface area contributed by atoms with Gasteiger partial charge in [0.15, 0.2) is 17.4 Å². The lowest BCUT2D eigenvalue weighted by molar-refractivity contribution is -0.142. The summed E-state index contributed by atoms with van der Waals surface area (Å²) in [6, 6.07) is 16.1. The molecule has 58 heavy (non-hydrogen) atoms. The summed E-state index contributed by atoms with van der Waals surface area (Å²) >= 11 is 18.9. The number of methoxy groups -OCH3 is 1. The van der Waals surface area contributed by atoms with Crippen LogP contribution in [0.2, 0.25) is 15.1 Å². The van der Waals surface area contributed by atoms with Crippen LogP contribution in [0.15, 0.2) is 84.4 Å². The first-order chi connectivity index (χ1) is 27.5. The predicted octanol–water partition coefficient (Wildman–Crippen LogP) is 7.95. The molecule has 2 saturated heterocycles. The molecule has 3 heterocycles. The summed E-state index contributed by atoms with van der Waals surface area (Å²) in [5.41, 5.74) is 0.893. The average Bonchev–Trinajstić information content (AvgIpc) is 3.57. The number of nitrogens with zero attached hydrogens (tertiary/aromatic N) is 4. The molecule has 2 aliphatic carbocycles. The number of ether oxygens (including phenoxy) is 1. The molecule has 0 spiro atoms. The third-order valence-electron chi connectivity index (χ3n) is 11.6. The molecule has 11 nitrogen and oxygen atoms in total. The molecular weight excluding hydrogens is 829 g/mol. The first kappa shape index (κ1) is 39.4. The van der Waals surface area contributed by atoms with Gasteiger partial charge < -0.3 is 9.84 Å². The van der Waals surface area contributed by atoms with Crippen LogP contribution in [0.25, 0.3) is 0 Å². The maximum atomic E-state index is 15.4. The van der Waals surface area contributed by atoms with Gasteiger partial charge in [-0.05, 0) is 84.5 Å². The van der Waals surface area contributed by atoms with E-state index in [1.807, 2.05) is 0 Å². The highest BCUT2D eigenvalue weighted by atomic mass is 35.5. The van der Waals surface area contributed by atoms with E-state index < -0.39 is 87.9 Å². The van der Waals surface area contributed by atoms with Gasteiger partial charge in [0.25, 0.3) is 23.6 Å². The Morgan fingerprint density at radius 1 is 0.914 bits per heavy atom. The number of fused-ring (bicyclic) bond motifs is 4. The molecule has 4 aromatic rings. The predicted molar refractivity (Wildman–Crippen MR) is 203 cm³/mol. The number of hydrogen-bond acceptors (Lipinski definition) is 9. The van der Waals surface area contributed by atoms with Gasteiger partial charge in [-0.2, -0.15) is 23.2 Å². The smallest absolute Gasteiger partial charge is 0.433 e. The summed E-state index contributed by atoms with van der Waals surface area (Å²) in [6.45, 7) is 0. The van der Waals surface area contributed by atoms with Crippen LogP contribution in [-0.2, 0) is 30.8 Å². The van der Waals surface area contributed by atoms with E-state index in [0.29, 0.717) is 33.0 Å². The van der Waals surface area contributed by atoms with Crippen LogP contribution in [0.1, 0.15) is 35.6 Å². The number of amides is 4. The SMILES string of the molecule is COc1ccc(C23C(=O)N(Nc4ccc(Cl)cc4Cl)C(=O)C2CC2C(=CCC4C(=O)N(N(C)c5nc(C(F)(F)F)ccc5Cl)C(=O)C42)C3c2ccc(O)c(F)c2)cc1. The topological polar surface area (TPSA) is 132 Å². The lowest BCUT2D eigenvalue weighted by Crippen LogP contribution is -2.53. The standard InChI is InChI=1S/C40H30Cl3F4N5O6/c1-50(34-26(42)11-14-31(48-34)40(45,46)47)52-35(54)23-10-9-22-24(32(23)37(52)56)17-25-36(55)51(49-29-12-6-20(41)16-27(29)43)38(57)39(25,19-4-7-21(58-2)8-5-19)33(22)18-3-13-30(53)28(44)15-18/h3-9,11-16,23-25,32-33,49,53H,10,17H2,1-2H3. The Bertz CT molecular complexity index is 2450. The van der Waals surface area contributed by atoms with Crippen molar-refractivity contribution >= 4 is 69.9 Å². The van der Waals surface area contributed by atoms with Crippen LogP contribution >= 0.6 is 34.8 Å². The third-order valence-corrected chi connectivity index (χ3v) is 12.4. The number of phenols is 1. The summed E-state index contributed by atoms with van der Waals surface area (Å²) in [5.74, 6) is -10.3. The van der Waals surface area contributed by atoms with Crippen molar-refractivity contribution < 1.29 is 46.6 Å². The fourth-order valence-corrected chi connectivity index (χ4v) is 9.79. The highest BCUT2D eigenvalue weighted by Gasteiger charge is 2.70. The van der Waals surface area contributed by atoms with Crippen molar-refractivity contribution in [2.45, 2.75) is 30.4 Å². The molecule has 6 atom stereocenters. The average molecular weight is 859 g/mol. The highest BCUT2D eigenvalue weighted by molar-refractivity contribution is 6.36. The van der Waals surface area contributed by atoms with Gasteiger partial charge in [0, 0.05) is 18.0 Å². The molecule has 4 amide bonds. The van der Waals surface area contributed by atoms with Crippen molar-refractivity contribution in [3.05, 3.63) is 122 Å². The summed E-state index contributed by atoms with van der Waals surface area (Å²) in [5, 5.41) is 12.8. The van der Waals surface area contributed by atoms with Crippen LogP contribution in [0, 0.1) is 29.5 Å². The second-order valence-corrected chi connectivity index (χ2v) is 15.7. The van der Waals surface area contributed by atoms with Crippen LogP contribution in [0.3, 0.4) is 0 Å². The zero-order chi connectivity index (χ0) is 41.6. The van der Waals surface area contributed by atoms with Gasteiger partial charge in [-0.15, -0.1) is 0 Å². The van der Waals surface area contributed by atoms with Gasteiger partial charge in [-0.1, -0.05) is 64.7 Å². The molecule has 0 bridgehead atoms. The number of imide groups is 2. The fourth-order valence-electron chi connectivity index (χ4n) is 9.11. The Labute approximate surface area is 342 Å². The number of alkyl halides is 3. The first-order valence-electron chi connectivity index (χ1n) is 17.8. The third kappa shape index (κ3) is 5.96. The number of rotatable bonds is 7. The Hall–Kier alpha value is -5.38. The van der Waals surface area contributed by atoms with E-state index in [0.717, 1.165) is 28.2 Å². The summed E-state index contributed by atoms with van der Waals surface area (Å²) in [6.07, 6.45) is -3.37. The van der Waals surface area contributed by atoms with Gasteiger partial charge >= 0.3 is 6.18 Å². The molecule has 2 N–H and O–H groups in total. The van der Waals surface area contributed by atoms with E-state index in [2.05, 4.69) is 10.4 Å². The molecule has 6 unspecified atom stereocenters. The minimum Gasteiger partial charge on any atom is -0.505 e. The molecule has 0 radical (unpaired) electrons. The van der Waals surface area contributed by atoms with E-state index in [1.165, 1.54) is 38.4 Å². The van der Waals surface area contributed by atoms with Crippen LogP contribution < -0.4 is 15.2 Å². The molecule has 300 valence electrons. The minimum atomic E-state index is -4.86. The number of anilines is 2. The molecule has 18 heteroatoms. The fraction of sp³-hybridized carbons (Fsp3) is 0.275. The van der Waals surface area contributed by atoms with Gasteiger partial charge in [0.05, 0.1) is 46.0 Å². The molecule has 3 fully saturated rings. The number of carbonyl (C=O) groups is 4. The number of carbonyl (C=O) groups excluding carboxylic acids is 4. The van der Waals surface area contributed by atoms with Crippen molar-refractivity contribution in [1.82, 2.24) is 15.0 Å². The lowest BCUT2D eigenvalue weighted by Gasteiger charge is -2.50. The molecule has 3 aromatic carbocycles. The molecule has 1 aromatic heterocycles. The second-order valence-electron chi connectivity index (χ2n) is 14.4. The maximum Gasteiger partial charge on any atom is 0.433 e. The molecule has 8 rings (SSSR count). The van der Waals surface area contributed by atoms with Gasteiger partial charge in [0.1, 0.15) is 11.4 Å². The van der Waals surface area contributed by atoms with E-state index in [1.54, 1.807) is 30.3 Å². The normalized spacial score (nSPS) is 25.3. The number of pyridine rings is 1. The van der Waals surface area contributed by atoms with Crippen molar-refractivity contribution in [2.75, 3.05) is 24.6 Å². The number of allylic oxidation sites excluding steroid dienone is 2. The van der Waals surface area contributed by atoms with E-state index in [-0.39, 0.29) is 34.1 Å². The number of aromatic nitrogens is 1. The Morgan fingerprint density at radius 3 is 2.29 bits per heavy atom. The van der Waals surface area contributed by atoms with Gasteiger partial charge in [0.2, 0.25) is 0 Å². The second kappa shape index (κ2) is 14.2. The van der Waals surface area contributed by atoms with Crippen molar-refractivity contribution in [3.63, 3.8) is 0 Å². The zero-order valence-electron chi connectivity index (χ0n) is 30.2. The van der Waals surface area contributed by atoms with Crippen molar-refractivity contribution in [2.24, 2.45) is 23.7 Å². The monoisotopic (exact) mass is 857 g/mol. The molecular formula is C40H30Cl3F4N5O6. The highest BCUT2D eigenvalue weighted by Crippen LogP contribution is 2.64.